The van der Waals surface area contributed by atoms with E-state index in [1.165, 1.54) is 4.90 Å². The number of rotatable bonds is 11. The summed E-state index contributed by atoms with van der Waals surface area (Å²) in [6.45, 7) is 3.62. The molecule has 2 aliphatic heterocycles. The van der Waals surface area contributed by atoms with Gasteiger partial charge in [-0.3, -0.25) is 15.2 Å². The molecule has 0 aromatic carbocycles. The van der Waals surface area contributed by atoms with Gasteiger partial charge in [0.25, 0.3) is 0 Å². The molecule has 40 heavy (non-hydrogen) atoms. The molecule has 3 aromatic rings. The lowest BCUT2D eigenvalue weighted by Gasteiger charge is -2.39. The predicted molar refractivity (Wildman–Crippen MR) is 147 cm³/mol. The summed E-state index contributed by atoms with van der Waals surface area (Å²) in [6.07, 6.45) is 8.45. The summed E-state index contributed by atoms with van der Waals surface area (Å²) in [5, 5.41) is 26.4. The minimum absolute atomic E-state index is 0.0644. The maximum absolute atomic E-state index is 12.3. The molecule has 0 aliphatic carbocycles. The highest BCUT2D eigenvalue weighted by molar-refractivity contribution is 6.00. The van der Waals surface area contributed by atoms with E-state index in [-0.39, 0.29) is 11.7 Å². The molecule has 2 aliphatic rings. The van der Waals surface area contributed by atoms with Crippen LogP contribution in [0.4, 0.5) is 17.5 Å². The fraction of sp³-hybridized carbons (Fsp3) is 0.333. The van der Waals surface area contributed by atoms with Crippen LogP contribution in [0.25, 0.3) is 0 Å². The normalized spacial score (nSPS) is 18.0. The molecule has 5 rings (SSSR count). The summed E-state index contributed by atoms with van der Waals surface area (Å²) in [5.41, 5.74) is 0.934. The summed E-state index contributed by atoms with van der Waals surface area (Å²) >= 11 is 0. The lowest BCUT2D eigenvalue weighted by atomic mass is 10.0. The highest BCUT2D eigenvalue weighted by atomic mass is 16.4. The molecule has 13 heteroatoms. The molecular weight excluding hydrogens is 514 g/mol. The number of carbonyl (C=O) groups is 2. The van der Waals surface area contributed by atoms with Gasteiger partial charge in [0.05, 0.1) is 24.0 Å². The third-order valence-electron chi connectivity index (χ3n) is 6.88. The smallest absolute Gasteiger partial charge is 0.352 e. The van der Waals surface area contributed by atoms with Gasteiger partial charge < -0.3 is 25.3 Å². The van der Waals surface area contributed by atoms with Crippen LogP contribution in [0.3, 0.4) is 0 Å². The maximum Gasteiger partial charge on any atom is 0.352 e. The molecule has 0 radical (unpaired) electrons. The lowest BCUT2D eigenvalue weighted by Crippen LogP contribution is -2.58. The Balaban J connectivity index is 1.33. The van der Waals surface area contributed by atoms with E-state index >= 15 is 0 Å². The van der Waals surface area contributed by atoms with Crippen molar-refractivity contribution in [1.82, 2.24) is 30.2 Å². The quantitative estimate of drug-likeness (QED) is 0.258. The molecule has 13 nitrogen and oxygen atoms in total. The van der Waals surface area contributed by atoms with E-state index < -0.39 is 18.2 Å². The first-order valence-corrected chi connectivity index (χ1v) is 13.1. The van der Waals surface area contributed by atoms with Gasteiger partial charge in [0.2, 0.25) is 5.95 Å². The number of carboxylic acid groups (broad SMARTS) is 2. The molecule has 1 atom stereocenters. The Morgan fingerprint density at radius 3 is 2.40 bits per heavy atom. The van der Waals surface area contributed by atoms with Crippen molar-refractivity contribution in [3.8, 4) is 0 Å². The van der Waals surface area contributed by atoms with Gasteiger partial charge >= 0.3 is 11.9 Å². The Hall–Kier alpha value is -4.62. The highest BCUT2D eigenvalue weighted by Gasteiger charge is 2.42. The van der Waals surface area contributed by atoms with E-state index in [2.05, 4.69) is 35.5 Å². The molecular formula is C27H31N9O4. The standard InChI is InChI=1S/C27H31N9O4/c37-23(38)17-22(25(39)40)36-21-6-3-10-29-24(21)35(18-20-5-1-2-9-28-20)27(36)33-19-7-14-34(15-8-19)16-13-32-26-30-11-4-12-31-26/h1-6,9-12,17,19,27,33H,7-8,13-16,18H2,(H,37,38)(H,39,40)(H,30,31,32)/b22-17-. The van der Waals surface area contributed by atoms with Crippen LogP contribution in [0.1, 0.15) is 18.5 Å². The fourth-order valence-electron chi connectivity index (χ4n) is 5.04. The van der Waals surface area contributed by atoms with Crippen molar-refractivity contribution in [3.05, 3.63) is 78.7 Å². The molecule has 5 heterocycles. The van der Waals surface area contributed by atoms with Gasteiger partial charge in [0.1, 0.15) is 5.70 Å². The van der Waals surface area contributed by atoms with Crippen LogP contribution >= 0.6 is 0 Å². The number of nitrogens with zero attached hydrogens (tertiary/aromatic N) is 7. The van der Waals surface area contributed by atoms with Gasteiger partial charge in [-0.2, -0.15) is 0 Å². The highest BCUT2D eigenvalue weighted by Crippen LogP contribution is 2.40. The number of fused-ring (bicyclic) bond motifs is 1. The zero-order valence-corrected chi connectivity index (χ0v) is 21.8. The first kappa shape index (κ1) is 27.0. The monoisotopic (exact) mass is 545 g/mol. The third kappa shape index (κ3) is 6.33. The fourth-order valence-corrected chi connectivity index (χ4v) is 5.04. The molecule has 1 fully saturated rings. The average Bonchev–Trinajstić information content (AvgIpc) is 3.26. The van der Waals surface area contributed by atoms with Crippen LogP contribution in [0.5, 0.6) is 0 Å². The number of hydrogen-bond donors (Lipinski definition) is 4. The van der Waals surface area contributed by atoms with Crippen LogP contribution in [0, 0.1) is 0 Å². The van der Waals surface area contributed by atoms with E-state index in [0.717, 1.165) is 50.8 Å². The maximum atomic E-state index is 12.3. The van der Waals surface area contributed by atoms with Gasteiger partial charge in [-0.15, -0.1) is 0 Å². The van der Waals surface area contributed by atoms with Crippen molar-refractivity contribution in [2.24, 2.45) is 0 Å². The molecule has 4 N–H and O–H groups in total. The topological polar surface area (TPSA) is 160 Å². The van der Waals surface area contributed by atoms with E-state index in [9.17, 15) is 19.8 Å². The Morgan fingerprint density at radius 2 is 1.70 bits per heavy atom. The van der Waals surface area contributed by atoms with Crippen LogP contribution in [-0.4, -0.2) is 85.5 Å². The molecule has 208 valence electrons. The number of hydrogen-bond acceptors (Lipinski definition) is 11. The second-order valence-corrected chi connectivity index (χ2v) is 9.49. The van der Waals surface area contributed by atoms with Gasteiger partial charge in [0.15, 0.2) is 12.1 Å². The first-order valence-electron chi connectivity index (χ1n) is 13.1. The minimum atomic E-state index is -1.34. The van der Waals surface area contributed by atoms with Crippen LogP contribution in [-0.2, 0) is 16.1 Å². The molecule has 0 saturated carbocycles. The number of piperidine rings is 1. The molecule has 0 amide bonds. The largest absolute Gasteiger partial charge is 0.478 e. The number of nitrogens with one attached hydrogen (secondary N) is 2. The second kappa shape index (κ2) is 12.5. The Bertz CT molecular complexity index is 1330. The zero-order chi connectivity index (χ0) is 27.9. The summed E-state index contributed by atoms with van der Waals surface area (Å²) < 4.78 is 0. The number of aromatic nitrogens is 4. The molecule has 1 unspecified atom stereocenters. The number of anilines is 3. The van der Waals surface area contributed by atoms with E-state index in [0.29, 0.717) is 24.0 Å². The Morgan fingerprint density at radius 1 is 0.950 bits per heavy atom. The number of likely N-dealkylation sites (tertiary alicyclic amines) is 1. The van der Waals surface area contributed by atoms with Crippen LogP contribution < -0.4 is 20.4 Å². The van der Waals surface area contributed by atoms with E-state index in [1.54, 1.807) is 43.0 Å². The van der Waals surface area contributed by atoms with Gasteiger partial charge in [-0.25, -0.2) is 24.5 Å². The summed E-state index contributed by atoms with van der Waals surface area (Å²) in [7, 11) is 0. The van der Waals surface area contributed by atoms with Crippen molar-refractivity contribution in [3.63, 3.8) is 0 Å². The van der Waals surface area contributed by atoms with Crippen molar-refractivity contribution in [1.29, 1.82) is 0 Å². The minimum Gasteiger partial charge on any atom is -0.478 e. The van der Waals surface area contributed by atoms with Crippen LogP contribution in [0.2, 0.25) is 0 Å². The Labute approximate surface area is 231 Å². The summed E-state index contributed by atoms with van der Waals surface area (Å²) in [5.74, 6) is -1.53. The van der Waals surface area contributed by atoms with Crippen molar-refractivity contribution in [2.75, 3.05) is 41.3 Å². The van der Waals surface area contributed by atoms with E-state index in [1.807, 2.05) is 23.1 Å². The molecule has 0 bridgehead atoms. The van der Waals surface area contributed by atoms with Crippen molar-refractivity contribution in [2.45, 2.75) is 31.7 Å². The lowest BCUT2D eigenvalue weighted by molar-refractivity contribution is -0.135. The summed E-state index contributed by atoms with van der Waals surface area (Å²) in [4.78, 5) is 47.1. The Kier molecular flexibility index (Phi) is 8.42. The number of carboxylic acids is 2. The number of aliphatic carboxylic acids is 2. The summed E-state index contributed by atoms with van der Waals surface area (Å²) in [6, 6.07) is 10.9. The molecule has 3 aromatic heterocycles. The van der Waals surface area contributed by atoms with Crippen molar-refractivity contribution >= 4 is 29.4 Å². The first-order chi connectivity index (χ1) is 19.5. The molecule has 1 saturated heterocycles. The predicted octanol–water partition coefficient (Wildman–Crippen LogP) is 1.60. The van der Waals surface area contributed by atoms with Gasteiger partial charge in [-0.1, -0.05) is 6.07 Å². The second-order valence-electron chi connectivity index (χ2n) is 9.49. The van der Waals surface area contributed by atoms with Gasteiger partial charge in [-0.05, 0) is 56.3 Å². The van der Waals surface area contributed by atoms with E-state index in [4.69, 9.17) is 0 Å². The zero-order valence-electron chi connectivity index (χ0n) is 21.8. The van der Waals surface area contributed by atoms with Crippen LogP contribution in [0.15, 0.2) is 73.0 Å². The molecule has 0 spiro atoms. The van der Waals surface area contributed by atoms with Crippen molar-refractivity contribution < 1.29 is 19.8 Å². The SMILES string of the molecule is O=C(O)/C=C(/C(=O)O)N1c2cccnc2N(Cc2ccccn2)C1NC1CCN(CCNc2ncccn2)CC1. The average molecular weight is 546 g/mol. The van der Waals surface area contributed by atoms with Gasteiger partial charge in [0, 0.05) is 43.9 Å². The third-order valence-corrected chi connectivity index (χ3v) is 6.88. The number of pyridine rings is 2.